The lowest BCUT2D eigenvalue weighted by Crippen LogP contribution is -2.58. The molecule has 0 saturated carbocycles. The molecule has 0 spiro atoms. The normalized spacial score (nSPS) is 15.2. The van der Waals surface area contributed by atoms with Gasteiger partial charge < -0.3 is 38.3 Å². The Labute approximate surface area is 218 Å². The van der Waals surface area contributed by atoms with Crippen molar-refractivity contribution in [2.24, 2.45) is 34.0 Å². The number of rotatable bonds is 18. The fraction of sp³-hybridized carbons (Fsp3) is 0.783. The van der Waals surface area contributed by atoms with Crippen molar-refractivity contribution in [3.05, 3.63) is 0 Å². The van der Waals surface area contributed by atoms with Crippen molar-refractivity contribution < 1.29 is 24.3 Å². The zero-order valence-electron chi connectivity index (χ0n) is 22.1. The van der Waals surface area contributed by atoms with E-state index in [0.717, 1.165) is 0 Å². The average Bonchev–Trinajstić information content (AvgIpc) is 2.80. The van der Waals surface area contributed by atoms with E-state index in [1.165, 1.54) is 11.8 Å². The van der Waals surface area contributed by atoms with Gasteiger partial charge in [0.2, 0.25) is 17.7 Å². The predicted octanol–water partition coefficient (Wildman–Crippen LogP) is -0.248. The molecule has 0 radical (unpaired) electrons. The molecule has 0 saturated heterocycles. The molecule has 0 aromatic heterocycles. The molecule has 36 heavy (non-hydrogen) atoms. The van der Waals surface area contributed by atoms with Crippen molar-refractivity contribution in [1.82, 2.24) is 16.0 Å². The largest absolute Gasteiger partial charge is 0.480 e. The summed E-state index contributed by atoms with van der Waals surface area (Å²) >= 11 is 1.51. The highest BCUT2D eigenvalue weighted by Gasteiger charge is 2.32. The lowest BCUT2D eigenvalue weighted by molar-refractivity contribution is -0.143. The van der Waals surface area contributed by atoms with Crippen LogP contribution < -0.4 is 33.2 Å². The standard InChI is InChI=1S/C23H45N7O5S/c1-6-14(4)18(21(33)29-17(22(34)35)12-13(2)3)30-20(32)16(9-11-36-5)28-19(31)15(24)8-7-10-27-23(25)26/h13-18H,6-12,24H2,1-5H3,(H,28,31)(H,29,33)(H,30,32)(H,34,35)(H4,25,26,27). The molecule has 208 valence electrons. The molecule has 0 rings (SSSR count). The molecule has 0 aliphatic carbocycles. The van der Waals surface area contributed by atoms with Gasteiger partial charge in [0.15, 0.2) is 5.96 Å². The van der Waals surface area contributed by atoms with E-state index >= 15 is 0 Å². The van der Waals surface area contributed by atoms with Crippen molar-refractivity contribution in [2.45, 2.75) is 84.0 Å². The van der Waals surface area contributed by atoms with Crippen LogP contribution in [0, 0.1) is 11.8 Å². The van der Waals surface area contributed by atoms with E-state index < -0.39 is 47.9 Å². The van der Waals surface area contributed by atoms with Gasteiger partial charge in [0, 0.05) is 6.54 Å². The maximum Gasteiger partial charge on any atom is 0.326 e. The van der Waals surface area contributed by atoms with Crippen LogP contribution in [0.5, 0.6) is 0 Å². The second-order valence-electron chi connectivity index (χ2n) is 9.30. The number of guanidine groups is 1. The van der Waals surface area contributed by atoms with E-state index in [0.29, 0.717) is 38.0 Å². The number of aliphatic imine (C=N–C) groups is 1. The molecule has 0 aromatic carbocycles. The number of hydrogen-bond donors (Lipinski definition) is 7. The van der Waals surface area contributed by atoms with E-state index in [9.17, 15) is 24.3 Å². The molecule has 0 aromatic rings. The van der Waals surface area contributed by atoms with Gasteiger partial charge in [-0.1, -0.05) is 34.1 Å². The van der Waals surface area contributed by atoms with Crippen LogP contribution in [0.15, 0.2) is 4.99 Å². The summed E-state index contributed by atoms with van der Waals surface area (Å²) in [7, 11) is 0. The lowest BCUT2D eigenvalue weighted by Gasteiger charge is -2.28. The number of thioether (sulfide) groups is 1. The molecule has 5 atom stereocenters. The molecule has 12 nitrogen and oxygen atoms in total. The third-order valence-electron chi connectivity index (χ3n) is 5.66. The molecule has 0 fully saturated rings. The topological polar surface area (TPSA) is 215 Å². The number of carboxylic acid groups (broad SMARTS) is 1. The monoisotopic (exact) mass is 531 g/mol. The lowest BCUT2D eigenvalue weighted by atomic mass is 9.96. The Morgan fingerprint density at radius 3 is 2.06 bits per heavy atom. The van der Waals surface area contributed by atoms with E-state index in [1.54, 1.807) is 6.92 Å². The van der Waals surface area contributed by atoms with Crippen LogP contribution in [0.1, 0.15) is 59.8 Å². The molecular formula is C23H45N7O5S. The number of carbonyl (C=O) groups excluding carboxylic acids is 3. The highest BCUT2D eigenvalue weighted by Crippen LogP contribution is 2.12. The summed E-state index contributed by atoms with van der Waals surface area (Å²) in [5.74, 6) is -2.39. The Hall–Kier alpha value is -2.54. The van der Waals surface area contributed by atoms with E-state index in [4.69, 9.17) is 17.2 Å². The maximum atomic E-state index is 13.2. The second kappa shape index (κ2) is 17.8. The van der Waals surface area contributed by atoms with Crippen LogP contribution in [-0.2, 0) is 19.2 Å². The Morgan fingerprint density at radius 1 is 0.944 bits per heavy atom. The smallest absolute Gasteiger partial charge is 0.326 e. The van der Waals surface area contributed by atoms with Crippen molar-refractivity contribution in [3.63, 3.8) is 0 Å². The highest BCUT2D eigenvalue weighted by molar-refractivity contribution is 7.98. The van der Waals surface area contributed by atoms with E-state index in [2.05, 4.69) is 20.9 Å². The predicted molar refractivity (Wildman–Crippen MR) is 143 cm³/mol. The maximum absolute atomic E-state index is 13.2. The highest BCUT2D eigenvalue weighted by atomic mass is 32.2. The summed E-state index contributed by atoms with van der Waals surface area (Å²) in [6, 6.07) is -3.79. The zero-order chi connectivity index (χ0) is 27.8. The molecule has 13 heteroatoms. The van der Waals surface area contributed by atoms with Gasteiger partial charge >= 0.3 is 5.97 Å². The zero-order valence-corrected chi connectivity index (χ0v) is 22.9. The van der Waals surface area contributed by atoms with Gasteiger partial charge in [-0.3, -0.25) is 19.4 Å². The quantitative estimate of drug-likeness (QED) is 0.0704. The van der Waals surface area contributed by atoms with E-state index in [-0.39, 0.29) is 24.2 Å². The summed E-state index contributed by atoms with van der Waals surface area (Å²) in [6.45, 7) is 7.72. The van der Waals surface area contributed by atoms with Gasteiger partial charge in [-0.15, -0.1) is 0 Å². The van der Waals surface area contributed by atoms with Gasteiger partial charge in [0.25, 0.3) is 0 Å². The number of nitrogens with one attached hydrogen (secondary N) is 3. The van der Waals surface area contributed by atoms with Gasteiger partial charge in [-0.2, -0.15) is 11.8 Å². The van der Waals surface area contributed by atoms with Crippen molar-refractivity contribution in [1.29, 1.82) is 0 Å². The second-order valence-corrected chi connectivity index (χ2v) is 10.3. The first kappa shape index (κ1) is 33.5. The summed E-state index contributed by atoms with van der Waals surface area (Å²) < 4.78 is 0. The Bertz CT molecular complexity index is 746. The third kappa shape index (κ3) is 13.5. The van der Waals surface area contributed by atoms with Gasteiger partial charge in [0.05, 0.1) is 6.04 Å². The minimum Gasteiger partial charge on any atom is -0.480 e. The van der Waals surface area contributed by atoms with E-state index in [1.807, 2.05) is 27.0 Å². The molecule has 3 amide bonds. The number of amides is 3. The number of aliphatic carboxylic acids is 1. The van der Waals surface area contributed by atoms with Gasteiger partial charge in [-0.25, -0.2) is 4.79 Å². The first-order chi connectivity index (χ1) is 16.8. The van der Waals surface area contributed by atoms with Crippen LogP contribution >= 0.6 is 11.8 Å². The number of hydrogen-bond acceptors (Lipinski definition) is 7. The Kier molecular flexibility index (Phi) is 16.6. The summed E-state index contributed by atoms with van der Waals surface area (Å²) in [6.07, 6.45) is 3.86. The number of nitrogens with zero attached hydrogens (tertiary/aromatic N) is 1. The molecular weight excluding hydrogens is 486 g/mol. The van der Waals surface area contributed by atoms with Crippen LogP contribution in [0.4, 0.5) is 0 Å². The summed E-state index contributed by atoms with van der Waals surface area (Å²) in [5.41, 5.74) is 16.5. The van der Waals surface area contributed by atoms with Crippen LogP contribution in [-0.4, -0.2) is 77.5 Å². The van der Waals surface area contributed by atoms with Crippen molar-refractivity contribution >= 4 is 41.4 Å². The third-order valence-corrected chi connectivity index (χ3v) is 6.31. The summed E-state index contributed by atoms with van der Waals surface area (Å²) in [5, 5.41) is 17.5. The van der Waals surface area contributed by atoms with Crippen LogP contribution in [0.2, 0.25) is 0 Å². The van der Waals surface area contributed by atoms with Crippen molar-refractivity contribution in [2.75, 3.05) is 18.6 Å². The van der Waals surface area contributed by atoms with Gasteiger partial charge in [0.1, 0.15) is 18.1 Å². The molecule has 0 aliphatic rings. The minimum atomic E-state index is -1.13. The summed E-state index contributed by atoms with van der Waals surface area (Å²) in [4.78, 5) is 54.3. The number of carboxylic acids is 1. The number of carbonyl (C=O) groups is 4. The number of nitrogens with two attached hydrogens (primary N) is 3. The molecule has 5 unspecified atom stereocenters. The van der Waals surface area contributed by atoms with Gasteiger partial charge in [-0.05, 0) is 49.5 Å². The first-order valence-electron chi connectivity index (χ1n) is 12.3. The minimum absolute atomic E-state index is 0.0411. The van der Waals surface area contributed by atoms with Crippen LogP contribution in [0.3, 0.4) is 0 Å². The SMILES string of the molecule is CCC(C)C(NC(=O)C(CCSC)NC(=O)C(N)CCCN=C(N)N)C(=O)NC(CC(C)C)C(=O)O. The fourth-order valence-corrected chi connectivity index (χ4v) is 3.82. The average molecular weight is 532 g/mol. The molecule has 0 bridgehead atoms. The first-order valence-corrected chi connectivity index (χ1v) is 13.7. The molecule has 0 aliphatic heterocycles. The Morgan fingerprint density at radius 2 is 1.56 bits per heavy atom. The van der Waals surface area contributed by atoms with Crippen LogP contribution in [0.25, 0.3) is 0 Å². The molecule has 10 N–H and O–H groups in total. The Balaban J connectivity index is 5.41. The molecule has 0 heterocycles. The van der Waals surface area contributed by atoms with Crippen molar-refractivity contribution in [3.8, 4) is 0 Å². The fourth-order valence-electron chi connectivity index (χ4n) is 3.34.